The molecule has 1 saturated heterocycles. The van der Waals surface area contributed by atoms with Crippen LogP contribution in [-0.4, -0.2) is 42.4 Å². The van der Waals surface area contributed by atoms with Gasteiger partial charge in [-0.25, -0.2) is 13.4 Å². The van der Waals surface area contributed by atoms with Crippen molar-refractivity contribution in [2.45, 2.75) is 17.2 Å². The summed E-state index contributed by atoms with van der Waals surface area (Å²) in [5.74, 6) is 0.476. The topological polar surface area (TPSA) is 92.4 Å². The lowest BCUT2D eigenvalue weighted by Gasteiger charge is -2.31. The van der Waals surface area contributed by atoms with Gasteiger partial charge in [-0.15, -0.1) is 11.3 Å². The Morgan fingerprint density at radius 2 is 2.32 bits per heavy atom. The molecule has 7 nitrogen and oxygen atoms in total. The lowest BCUT2D eigenvalue weighted by Crippen LogP contribution is -2.42. The van der Waals surface area contributed by atoms with Gasteiger partial charge in [-0.3, -0.25) is 4.79 Å². The summed E-state index contributed by atoms with van der Waals surface area (Å²) in [6.07, 6.45) is -0.538. The Kier molecular flexibility index (Phi) is 4.13. The van der Waals surface area contributed by atoms with Gasteiger partial charge in [-0.05, 0) is 18.4 Å². The molecule has 1 N–H and O–H groups in total. The van der Waals surface area contributed by atoms with E-state index < -0.39 is 16.1 Å². The van der Waals surface area contributed by atoms with Crippen molar-refractivity contribution in [2.75, 3.05) is 19.7 Å². The summed E-state index contributed by atoms with van der Waals surface area (Å²) in [5, 5.41) is 1.73. The summed E-state index contributed by atoms with van der Waals surface area (Å²) in [7, 11) is -3.52. The molecule has 2 aromatic heterocycles. The average Bonchev–Trinajstić information content (AvgIpc) is 3.01. The molecule has 0 radical (unpaired) electrons. The second-order valence-corrected chi connectivity index (χ2v) is 8.02. The smallest absolute Gasteiger partial charge is 0.252 e. The van der Waals surface area contributed by atoms with E-state index in [1.165, 1.54) is 21.7 Å². The third kappa shape index (κ3) is 2.98. The Morgan fingerprint density at radius 1 is 1.50 bits per heavy atom. The lowest BCUT2D eigenvalue weighted by molar-refractivity contribution is -0.00509. The summed E-state index contributed by atoms with van der Waals surface area (Å²) in [5.41, 5.74) is 0.177. The van der Waals surface area contributed by atoms with Crippen molar-refractivity contribution in [1.82, 2.24) is 14.3 Å². The number of nitrogens with one attached hydrogen (secondary N) is 1. The zero-order valence-corrected chi connectivity index (χ0v) is 13.5. The Labute approximate surface area is 131 Å². The molecule has 0 amide bonds. The second-order valence-electron chi connectivity index (χ2n) is 4.91. The van der Waals surface area contributed by atoms with Gasteiger partial charge in [0.1, 0.15) is 16.1 Å². The maximum atomic E-state index is 12.6. The minimum atomic E-state index is -3.52. The number of rotatable bonds is 3. The monoisotopic (exact) mass is 341 g/mol. The van der Waals surface area contributed by atoms with Gasteiger partial charge in [0.25, 0.3) is 15.6 Å². The highest BCUT2D eigenvalue weighted by molar-refractivity contribution is 7.91. The number of aromatic amines is 1. The number of ether oxygens (including phenoxy) is 1. The number of morpholine rings is 1. The molecular weight excluding hydrogens is 326 g/mol. The van der Waals surface area contributed by atoms with Crippen LogP contribution in [0.15, 0.2) is 32.6 Å². The molecule has 0 aliphatic carbocycles. The predicted octanol–water partition coefficient (Wildman–Crippen LogP) is 0.902. The normalized spacial score (nSPS) is 20.1. The molecule has 0 bridgehead atoms. The number of hydrogen-bond acceptors (Lipinski definition) is 6. The number of thiophene rings is 1. The first-order valence-electron chi connectivity index (χ1n) is 6.70. The van der Waals surface area contributed by atoms with Crippen molar-refractivity contribution in [3.05, 3.63) is 45.5 Å². The van der Waals surface area contributed by atoms with E-state index in [0.29, 0.717) is 22.3 Å². The third-order valence-corrected chi connectivity index (χ3v) is 6.57. The molecule has 0 saturated carbocycles. The summed E-state index contributed by atoms with van der Waals surface area (Å²) in [6.45, 7) is 2.38. The third-order valence-electron chi connectivity index (χ3n) is 3.33. The molecule has 3 heterocycles. The zero-order chi connectivity index (χ0) is 15.7. The van der Waals surface area contributed by atoms with Gasteiger partial charge in [0.2, 0.25) is 0 Å². The van der Waals surface area contributed by atoms with Crippen molar-refractivity contribution >= 4 is 21.4 Å². The second kappa shape index (κ2) is 5.92. The van der Waals surface area contributed by atoms with Crippen LogP contribution in [0.4, 0.5) is 0 Å². The highest BCUT2D eigenvalue weighted by Gasteiger charge is 2.32. The van der Waals surface area contributed by atoms with Gasteiger partial charge in [-0.2, -0.15) is 4.31 Å². The largest absolute Gasteiger partial charge is 0.369 e. The molecule has 0 aromatic carbocycles. The average molecular weight is 341 g/mol. The highest BCUT2D eigenvalue weighted by atomic mass is 32.2. The lowest BCUT2D eigenvalue weighted by atomic mass is 10.2. The fourth-order valence-electron chi connectivity index (χ4n) is 2.33. The van der Waals surface area contributed by atoms with Crippen molar-refractivity contribution in [3.8, 4) is 0 Å². The predicted molar refractivity (Wildman–Crippen MR) is 81.4 cm³/mol. The fourth-order valence-corrected chi connectivity index (χ4v) is 4.90. The number of H-pyrrole nitrogens is 1. The highest BCUT2D eigenvalue weighted by Crippen LogP contribution is 2.27. The van der Waals surface area contributed by atoms with Crippen LogP contribution in [0.25, 0.3) is 0 Å². The van der Waals surface area contributed by atoms with Crippen molar-refractivity contribution in [2.24, 2.45) is 0 Å². The zero-order valence-electron chi connectivity index (χ0n) is 11.9. The molecular formula is C13H15N3O4S2. The van der Waals surface area contributed by atoms with Crippen molar-refractivity contribution in [1.29, 1.82) is 0 Å². The molecule has 0 unspecified atom stereocenters. The number of aromatic nitrogens is 2. The minimum absolute atomic E-state index is 0.149. The van der Waals surface area contributed by atoms with Gasteiger partial charge in [0.15, 0.2) is 0 Å². The Morgan fingerprint density at radius 3 is 3.00 bits per heavy atom. The number of aryl methyl sites for hydroxylation is 1. The van der Waals surface area contributed by atoms with Crippen molar-refractivity contribution < 1.29 is 13.2 Å². The Bertz CT molecular complexity index is 814. The van der Waals surface area contributed by atoms with E-state index in [1.807, 2.05) is 0 Å². The van der Waals surface area contributed by atoms with Crippen LogP contribution in [0.2, 0.25) is 0 Å². The van der Waals surface area contributed by atoms with Crippen LogP contribution in [0.3, 0.4) is 0 Å². The Balaban J connectivity index is 1.87. The van der Waals surface area contributed by atoms with E-state index >= 15 is 0 Å². The van der Waals surface area contributed by atoms with Crippen LogP contribution in [-0.2, 0) is 14.8 Å². The first-order chi connectivity index (χ1) is 10.5. The first-order valence-corrected chi connectivity index (χ1v) is 9.02. The van der Waals surface area contributed by atoms with Crippen LogP contribution in [0.5, 0.6) is 0 Å². The number of nitrogens with zero attached hydrogens (tertiary/aromatic N) is 2. The van der Waals surface area contributed by atoms with E-state index in [2.05, 4.69) is 9.97 Å². The van der Waals surface area contributed by atoms with Crippen LogP contribution in [0, 0.1) is 6.92 Å². The van der Waals surface area contributed by atoms with Gasteiger partial charge in [0, 0.05) is 19.2 Å². The quantitative estimate of drug-likeness (QED) is 0.895. The van der Waals surface area contributed by atoms with Gasteiger partial charge in [0.05, 0.1) is 12.3 Å². The summed E-state index contributed by atoms with van der Waals surface area (Å²) >= 11 is 1.18. The van der Waals surface area contributed by atoms with Crippen LogP contribution < -0.4 is 5.56 Å². The molecule has 1 aliphatic rings. The molecule has 1 atom stereocenters. The summed E-state index contributed by atoms with van der Waals surface area (Å²) in [4.78, 5) is 18.3. The fraction of sp³-hybridized carbons (Fsp3) is 0.385. The number of sulfonamides is 1. The van der Waals surface area contributed by atoms with E-state index in [0.717, 1.165) is 0 Å². The van der Waals surface area contributed by atoms with E-state index in [9.17, 15) is 13.2 Å². The summed E-state index contributed by atoms with van der Waals surface area (Å²) < 4.78 is 32.4. The molecule has 1 fully saturated rings. The van der Waals surface area contributed by atoms with E-state index in [4.69, 9.17) is 4.74 Å². The summed E-state index contributed by atoms with van der Waals surface area (Å²) in [6, 6.07) is 4.64. The minimum Gasteiger partial charge on any atom is -0.369 e. The van der Waals surface area contributed by atoms with Gasteiger partial charge in [-0.1, -0.05) is 6.07 Å². The maximum Gasteiger partial charge on any atom is 0.252 e. The van der Waals surface area contributed by atoms with E-state index in [-0.39, 0.29) is 18.7 Å². The van der Waals surface area contributed by atoms with Crippen LogP contribution in [0.1, 0.15) is 17.6 Å². The maximum absolute atomic E-state index is 12.6. The molecule has 118 valence electrons. The molecule has 2 aromatic rings. The molecule has 9 heteroatoms. The van der Waals surface area contributed by atoms with Crippen molar-refractivity contribution in [3.63, 3.8) is 0 Å². The molecule has 3 rings (SSSR count). The van der Waals surface area contributed by atoms with Gasteiger partial charge >= 0.3 is 0 Å². The SMILES string of the molecule is Cc1nc([C@H]2CN(S(=O)(=O)c3cccs3)CCO2)cc(=O)[nH]1. The molecule has 1 aliphatic heterocycles. The molecule has 22 heavy (non-hydrogen) atoms. The number of hydrogen-bond donors (Lipinski definition) is 1. The molecule has 0 spiro atoms. The van der Waals surface area contributed by atoms with Crippen LogP contribution >= 0.6 is 11.3 Å². The van der Waals surface area contributed by atoms with Gasteiger partial charge < -0.3 is 9.72 Å². The van der Waals surface area contributed by atoms with E-state index in [1.54, 1.807) is 24.4 Å². The first kappa shape index (κ1) is 15.3. The standard InChI is InChI=1S/C13H15N3O4S2/c1-9-14-10(7-12(17)15-9)11-8-16(4-5-20-11)22(18,19)13-3-2-6-21-13/h2-3,6-7,11H,4-5,8H2,1H3,(H,14,15,17)/t11-/m1/s1. The Hall–Kier alpha value is -1.55.